The molecule has 1 aliphatic rings. The van der Waals surface area contributed by atoms with Crippen LogP contribution < -0.4 is 10.5 Å². The number of benzene rings is 3. The molecular formula is C31H35F3N4O. The van der Waals surface area contributed by atoms with E-state index in [4.69, 9.17) is 5.73 Å². The molecule has 0 radical (unpaired) electrons. The molecule has 39 heavy (non-hydrogen) atoms. The van der Waals surface area contributed by atoms with Crippen LogP contribution in [0, 0.1) is 6.92 Å². The zero-order valence-corrected chi connectivity index (χ0v) is 22.3. The van der Waals surface area contributed by atoms with Crippen LogP contribution >= 0.6 is 0 Å². The number of hydrogen-bond acceptors (Lipinski definition) is 4. The lowest BCUT2D eigenvalue weighted by molar-refractivity contribution is -0.274. The topological polar surface area (TPSA) is 46.7 Å². The Morgan fingerprint density at radius 3 is 2.05 bits per heavy atom. The van der Waals surface area contributed by atoms with Crippen molar-refractivity contribution in [2.75, 3.05) is 32.7 Å². The fourth-order valence-electron chi connectivity index (χ4n) is 5.27. The molecule has 4 aromatic rings. The van der Waals surface area contributed by atoms with Gasteiger partial charge in [-0.05, 0) is 60.8 Å². The number of alkyl halides is 3. The fourth-order valence-corrected chi connectivity index (χ4v) is 5.27. The number of aryl methyl sites for hydroxylation is 2. The van der Waals surface area contributed by atoms with Crippen molar-refractivity contribution >= 4 is 10.9 Å². The van der Waals surface area contributed by atoms with Crippen LogP contribution in [0.25, 0.3) is 22.0 Å². The highest BCUT2D eigenvalue weighted by molar-refractivity contribution is 5.96. The van der Waals surface area contributed by atoms with E-state index in [9.17, 15) is 13.2 Å². The Morgan fingerprint density at radius 1 is 0.821 bits per heavy atom. The van der Waals surface area contributed by atoms with Crippen LogP contribution in [0.5, 0.6) is 5.75 Å². The van der Waals surface area contributed by atoms with E-state index in [-0.39, 0.29) is 5.75 Å². The van der Waals surface area contributed by atoms with Gasteiger partial charge in [0.05, 0.1) is 0 Å². The molecule has 0 atom stereocenters. The SMILES string of the molecule is Cc1ccc(CN2CCN(Cc3ccc4c(c3)c(-c3ccc(OC(F)(F)F)cc3)cn4CCCN)CC2)cc1. The molecule has 2 N–H and O–H groups in total. The predicted octanol–water partition coefficient (Wildman–Crippen LogP) is 6.18. The van der Waals surface area contributed by atoms with Crippen molar-refractivity contribution in [2.24, 2.45) is 5.73 Å². The van der Waals surface area contributed by atoms with Gasteiger partial charge < -0.3 is 15.0 Å². The third-order valence-electron chi connectivity index (χ3n) is 7.35. The summed E-state index contributed by atoms with van der Waals surface area (Å²) < 4.78 is 44.1. The number of aromatic nitrogens is 1. The summed E-state index contributed by atoms with van der Waals surface area (Å²) in [7, 11) is 0. The van der Waals surface area contributed by atoms with Crippen molar-refractivity contribution in [1.82, 2.24) is 14.4 Å². The zero-order chi connectivity index (χ0) is 27.4. The number of fused-ring (bicyclic) bond motifs is 1. The van der Waals surface area contributed by atoms with Gasteiger partial charge in [-0.3, -0.25) is 9.80 Å². The molecule has 1 fully saturated rings. The molecule has 3 aromatic carbocycles. The molecule has 5 rings (SSSR count). The Bertz CT molecular complexity index is 1370. The number of ether oxygens (including phenoxy) is 1. The van der Waals surface area contributed by atoms with Crippen molar-refractivity contribution in [2.45, 2.75) is 39.3 Å². The minimum atomic E-state index is -4.71. The molecule has 1 aliphatic heterocycles. The van der Waals surface area contributed by atoms with Gasteiger partial charge in [-0.25, -0.2) is 0 Å². The van der Waals surface area contributed by atoms with Gasteiger partial charge in [-0.15, -0.1) is 13.2 Å². The average Bonchev–Trinajstić information content (AvgIpc) is 3.27. The van der Waals surface area contributed by atoms with E-state index in [0.29, 0.717) is 6.54 Å². The number of nitrogens with two attached hydrogens (primary N) is 1. The fraction of sp³-hybridized carbons (Fsp3) is 0.355. The number of nitrogens with zero attached hydrogens (tertiary/aromatic N) is 3. The maximum Gasteiger partial charge on any atom is 0.573 e. The Labute approximate surface area is 227 Å². The van der Waals surface area contributed by atoms with Crippen molar-refractivity contribution in [3.8, 4) is 16.9 Å². The van der Waals surface area contributed by atoms with Crippen molar-refractivity contribution in [3.05, 3.63) is 89.6 Å². The number of hydrogen-bond donors (Lipinski definition) is 1. The molecule has 1 saturated heterocycles. The Balaban J connectivity index is 1.31. The van der Waals surface area contributed by atoms with Crippen molar-refractivity contribution in [3.63, 3.8) is 0 Å². The maximum atomic E-state index is 12.6. The molecule has 8 heteroatoms. The molecule has 0 amide bonds. The van der Waals surface area contributed by atoms with E-state index in [1.54, 1.807) is 12.1 Å². The highest BCUT2D eigenvalue weighted by atomic mass is 19.4. The van der Waals surface area contributed by atoms with E-state index < -0.39 is 6.36 Å². The molecule has 5 nitrogen and oxygen atoms in total. The molecule has 1 aromatic heterocycles. The monoisotopic (exact) mass is 536 g/mol. The van der Waals surface area contributed by atoms with Gasteiger partial charge in [0.2, 0.25) is 0 Å². The summed E-state index contributed by atoms with van der Waals surface area (Å²) >= 11 is 0. The molecule has 206 valence electrons. The molecule has 0 bridgehead atoms. The van der Waals surface area contributed by atoms with Crippen LogP contribution in [-0.4, -0.2) is 53.5 Å². The summed E-state index contributed by atoms with van der Waals surface area (Å²) in [5, 5.41) is 1.09. The lowest BCUT2D eigenvalue weighted by Crippen LogP contribution is -2.45. The molecule has 0 aliphatic carbocycles. The molecule has 2 heterocycles. The zero-order valence-electron chi connectivity index (χ0n) is 22.3. The first-order valence-corrected chi connectivity index (χ1v) is 13.5. The second-order valence-electron chi connectivity index (χ2n) is 10.3. The van der Waals surface area contributed by atoms with Crippen LogP contribution in [0.3, 0.4) is 0 Å². The number of halogens is 3. The van der Waals surface area contributed by atoms with Crippen molar-refractivity contribution in [1.29, 1.82) is 0 Å². The van der Waals surface area contributed by atoms with Gasteiger partial charge in [0.25, 0.3) is 0 Å². The lowest BCUT2D eigenvalue weighted by atomic mass is 10.0. The number of rotatable bonds is 9. The first-order valence-electron chi connectivity index (χ1n) is 13.5. The predicted molar refractivity (Wildman–Crippen MR) is 149 cm³/mol. The second-order valence-corrected chi connectivity index (χ2v) is 10.3. The molecular weight excluding hydrogens is 501 g/mol. The summed E-state index contributed by atoms with van der Waals surface area (Å²) in [6.45, 7) is 9.40. The van der Waals surface area contributed by atoms with E-state index in [1.807, 2.05) is 0 Å². The Morgan fingerprint density at radius 2 is 1.44 bits per heavy atom. The quantitative estimate of drug-likeness (QED) is 0.278. The third-order valence-corrected chi connectivity index (χ3v) is 7.35. The number of piperazine rings is 1. The molecule has 0 unspecified atom stereocenters. The molecule has 0 spiro atoms. The van der Waals surface area contributed by atoms with Crippen LogP contribution in [0.4, 0.5) is 13.2 Å². The van der Waals surface area contributed by atoms with E-state index >= 15 is 0 Å². The van der Waals surface area contributed by atoms with Crippen LogP contribution in [0.1, 0.15) is 23.1 Å². The van der Waals surface area contributed by atoms with Crippen LogP contribution in [-0.2, 0) is 19.6 Å². The summed E-state index contributed by atoms with van der Waals surface area (Å²) in [6.07, 6.45) is -1.79. The van der Waals surface area contributed by atoms with Gasteiger partial charge in [-0.1, -0.05) is 48.0 Å². The highest BCUT2D eigenvalue weighted by Crippen LogP contribution is 2.34. The van der Waals surface area contributed by atoms with E-state index in [1.165, 1.54) is 28.8 Å². The first-order chi connectivity index (χ1) is 18.8. The average molecular weight is 537 g/mol. The summed E-state index contributed by atoms with van der Waals surface area (Å²) in [5.41, 5.74) is 12.6. The minimum absolute atomic E-state index is 0.222. The van der Waals surface area contributed by atoms with Gasteiger partial charge in [-0.2, -0.15) is 0 Å². The first kappa shape index (κ1) is 27.2. The van der Waals surface area contributed by atoms with Crippen LogP contribution in [0.15, 0.2) is 72.9 Å². The summed E-state index contributed by atoms with van der Waals surface area (Å²) in [6, 6.07) is 21.4. The van der Waals surface area contributed by atoms with Gasteiger partial charge >= 0.3 is 6.36 Å². The van der Waals surface area contributed by atoms with Gasteiger partial charge in [0, 0.05) is 68.5 Å². The molecule has 0 saturated carbocycles. The normalized spacial score (nSPS) is 15.2. The lowest BCUT2D eigenvalue weighted by Gasteiger charge is -2.34. The highest BCUT2D eigenvalue weighted by Gasteiger charge is 2.31. The summed E-state index contributed by atoms with van der Waals surface area (Å²) in [4.78, 5) is 4.99. The largest absolute Gasteiger partial charge is 0.573 e. The van der Waals surface area contributed by atoms with Crippen molar-refractivity contribution < 1.29 is 17.9 Å². The smallest absolute Gasteiger partial charge is 0.406 e. The maximum absolute atomic E-state index is 12.6. The van der Waals surface area contributed by atoms with E-state index in [0.717, 1.165) is 74.3 Å². The summed E-state index contributed by atoms with van der Waals surface area (Å²) in [5.74, 6) is -0.222. The minimum Gasteiger partial charge on any atom is -0.406 e. The van der Waals surface area contributed by atoms with E-state index in [2.05, 4.69) is 74.7 Å². The second kappa shape index (κ2) is 11.8. The Kier molecular flexibility index (Phi) is 8.26. The van der Waals surface area contributed by atoms with Gasteiger partial charge in [0.1, 0.15) is 5.75 Å². The van der Waals surface area contributed by atoms with Crippen LogP contribution in [0.2, 0.25) is 0 Å². The Hall–Kier alpha value is -3.33. The van der Waals surface area contributed by atoms with Gasteiger partial charge in [0.15, 0.2) is 0 Å². The standard InChI is InChI=1S/C31H35F3N4O/c1-23-3-5-24(6-4-23)20-36-15-17-37(18-16-36)21-25-7-12-30-28(19-25)29(22-38(30)14-2-13-35)26-8-10-27(11-9-26)39-31(32,33)34/h3-12,19,22H,2,13-18,20-21,35H2,1H3. The third kappa shape index (κ3) is 7.01.